The van der Waals surface area contributed by atoms with Gasteiger partial charge in [0.25, 0.3) is 5.91 Å². The van der Waals surface area contributed by atoms with Crippen LogP contribution in [-0.2, 0) is 9.59 Å². The van der Waals surface area contributed by atoms with Crippen molar-refractivity contribution in [3.05, 3.63) is 0 Å². The fraction of sp³-hybridized carbons (Fsp3) is 0.778. The number of nitrogens with two attached hydrogens (primary N) is 1. The number of aliphatic hydroxyl groups excluding tert-OH is 1. The van der Waals surface area contributed by atoms with Crippen molar-refractivity contribution in [2.75, 3.05) is 6.54 Å². The van der Waals surface area contributed by atoms with E-state index in [1.54, 1.807) is 6.92 Å². The summed E-state index contributed by atoms with van der Waals surface area (Å²) in [5.74, 6) is -7.41. The lowest BCUT2D eigenvalue weighted by atomic mass is 10.0. The summed E-state index contributed by atoms with van der Waals surface area (Å²) in [7, 11) is 0. The summed E-state index contributed by atoms with van der Waals surface area (Å²) in [4.78, 5) is 21.1. The van der Waals surface area contributed by atoms with Gasteiger partial charge in [-0.25, -0.2) is 0 Å². The van der Waals surface area contributed by atoms with Crippen molar-refractivity contribution in [3.63, 3.8) is 0 Å². The Labute approximate surface area is 96.8 Å². The van der Waals surface area contributed by atoms with Crippen molar-refractivity contribution in [1.82, 2.24) is 5.32 Å². The predicted molar refractivity (Wildman–Crippen MR) is 54.5 cm³/mol. The number of carboxylic acid groups (broad SMARTS) is 1. The third-order valence-corrected chi connectivity index (χ3v) is 2.10. The standard InChI is InChI=1S/C9H16F2N2O4/c1-2-3-5(12)7(16)9(10,11)8(17)13-4-6(14)15/h5,7,16H,2-4,12H2,1H3,(H,13,17)(H,14,15)/t5-,7?/m0/s1. The first-order chi connectivity index (χ1) is 7.73. The van der Waals surface area contributed by atoms with Crippen molar-refractivity contribution >= 4 is 11.9 Å². The fourth-order valence-electron chi connectivity index (χ4n) is 1.17. The van der Waals surface area contributed by atoms with E-state index >= 15 is 0 Å². The average Bonchev–Trinajstić information content (AvgIpc) is 2.24. The maximum atomic E-state index is 13.3. The topological polar surface area (TPSA) is 113 Å². The molecule has 8 heteroatoms. The second-order valence-corrected chi connectivity index (χ2v) is 3.60. The molecule has 0 aliphatic rings. The van der Waals surface area contributed by atoms with Crippen molar-refractivity contribution in [3.8, 4) is 0 Å². The Morgan fingerprint density at radius 1 is 1.47 bits per heavy atom. The molecular weight excluding hydrogens is 238 g/mol. The molecule has 17 heavy (non-hydrogen) atoms. The number of carbonyl (C=O) groups is 2. The van der Waals surface area contributed by atoms with Crippen LogP contribution < -0.4 is 11.1 Å². The summed E-state index contributed by atoms with van der Waals surface area (Å²) >= 11 is 0. The molecule has 0 saturated carbocycles. The zero-order valence-corrected chi connectivity index (χ0v) is 9.32. The van der Waals surface area contributed by atoms with Crippen LogP contribution in [0.5, 0.6) is 0 Å². The quantitative estimate of drug-likeness (QED) is 0.480. The molecule has 0 saturated heterocycles. The van der Waals surface area contributed by atoms with Gasteiger partial charge < -0.3 is 21.3 Å². The van der Waals surface area contributed by atoms with E-state index in [1.807, 2.05) is 0 Å². The van der Waals surface area contributed by atoms with E-state index < -0.39 is 36.5 Å². The number of alkyl halides is 2. The highest BCUT2D eigenvalue weighted by atomic mass is 19.3. The lowest BCUT2D eigenvalue weighted by Gasteiger charge is -2.25. The van der Waals surface area contributed by atoms with Gasteiger partial charge in [0, 0.05) is 6.04 Å². The Balaban J connectivity index is 4.52. The third kappa shape index (κ3) is 4.61. The number of hydrogen-bond donors (Lipinski definition) is 4. The number of rotatable bonds is 7. The zero-order valence-electron chi connectivity index (χ0n) is 9.32. The Bertz CT molecular complexity index is 286. The molecule has 5 N–H and O–H groups in total. The third-order valence-electron chi connectivity index (χ3n) is 2.10. The van der Waals surface area contributed by atoms with Crippen LogP contribution in [0.2, 0.25) is 0 Å². The number of carbonyl (C=O) groups excluding carboxylic acids is 1. The monoisotopic (exact) mass is 254 g/mol. The number of aliphatic carboxylic acids is 1. The van der Waals surface area contributed by atoms with E-state index in [0.29, 0.717) is 6.42 Å². The summed E-state index contributed by atoms with van der Waals surface area (Å²) in [6, 6.07) is -1.24. The van der Waals surface area contributed by atoms with E-state index in [2.05, 4.69) is 0 Å². The molecule has 6 nitrogen and oxygen atoms in total. The molecule has 0 bridgehead atoms. The molecule has 1 unspecified atom stereocenters. The summed E-state index contributed by atoms with van der Waals surface area (Å²) in [6.07, 6.45) is -1.73. The first-order valence-corrected chi connectivity index (χ1v) is 5.05. The lowest BCUT2D eigenvalue weighted by molar-refractivity contribution is -0.166. The molecule has 0 fully saturated rings. The molecule has 0 aromatic heterocycles. The number of nitrogens with one attached hydrogen (secondary N) is 1. The van der Waals surface area contributed by atoms with Crippen molar-refractivity contribution < 1.29 is 28.6 Å². The Hall–Kier alpha value is -1.28. The number of aliphatic hydroxyl groups is 1. The van der Waals surface area contributed by atoms with Gasteiger partial charge in [-0.3, -0.25) is 9.59 Å². The minimum atomic E-state index is -4.11. The highest BCUT2D eigenvalue weighted by molar-refractivity contribution is 5.87. The molecular formula is C9H16F2N2O4. The summed E-state index contributed by atoms with van der Waals surface area (Å²) < 4.78 is 26.6. The van der Waals surface area contributed by atoms with E-state index in [0.717, 1.165) is 0 Å². The van der Waals surface area contributed by atoms with Gasteiger partial charge >= 0.3 is 11.9 Å². The van der Waals surface area contributed by atoms with Crippen molar-refractivity contribution in [1.29, 1.82) is 0 Å². The van der Waals surface area contributed by atoms with E-state index in [4.69, 9.17) is 10.8 Å². The van der Waals surface area contributed by atoms with Gasteiger partial charge in [0.05, 0.1) is 0 Å². The zero-order chi connectivity index (χ0) is 13.6. The van der Waals surface area contributed by atoms with Crippen LogP contribution in [0.3, 0.4) is 0 Å². The lowest BCUT2D eigenvalue weighted by Crippen LogP contribution is -2.55. The number of carboxylic acids is 1. The second kappa shape index (κ2) is 6.45. The minimum Gasteiger partial charge on any atom is -0.480 e. The molecule has 0 spiro atoms. The van der Waals surface area contributed by atoms with E-state index in [1.165, 1.54) is 5.32 Å². The van der Waals surface area contributed by atoms with Crippen molar-refractivity contribution in [2.24, 2.45) is 5.73 Å². The minimum absolute atomic E-state index is 0.128. The summed E-state index contributed by atoms with van der Waals surface area (Å²) in [5.41, 5.74) is 5.28. The highest BCUT2D eigenvalue weighted by Crippen LogP contribution is 2.22. The van der Waals surface area contributed by atoms with Gasteiger partial charge in [0.2, 0.25) is 0 Å². The fourth-order valence-corrected chi connectivity index (χ4v) is 1.17. The van der Waals surface area contributed by atoms with Crippen LogP contribution in [0.15, 0.2) is 0 Å². The van der Waals surface area contributed by atoms with Gasteiger partial charge in [0.1, 0.15) is 12.6 Å². The van der Waals surface area contributed by atoms with Gasteiger partial charge in [-0.2, -0.15) is 8.78 Å². The van der Waals surface area contributed by atoms with Crippen LogP contribution in [0.1, 0.15) is 19.8 Å². The van der Waals surface area contributed by atoms with Gasteiger partial charge in [-0.15, -0.1) is 0 Å². The van der Waals surface area contributed by atoms with E-state index in [-0.39, 0.29) is 6.42 Å². The summed E-state index contributed by atoms with van der Waals surface area (Å²) in [5, 5.41) is 18.9. The largest absolute Gasteiger partial charge is 0.480 e. The molecule has 0 aliphatic carbocycles. The van der Waals surface area contributed by atoms with Crippen LogP contribution in [0.4, 0.5) is 8.78 Å². The maximum absolute atomic E-state index is 13.3. The van der Waals surface area contributed by atoms with Gasteiger partial charge in [-0.05, 0) is 6.42 Å². The first kappa shape index (κ1) is 15.7. The van der Waals surface area contributed by atoms with Crippen LogP contribution in [-0.4, -0.2) is 46.7 Å². The van der Waals surface area contributed by atoms with Gasteiger partial charge in [0.15, 0.2) is 0 Å². The van der Waals surface area contributed by atoms with Crippen LogP contribution >= 0.6 is 0 Å². The maximum Gasteiger partial charge on any atom is 0.351 e. The molecule has 0 radical (unpaired) electrons. The second-order valence-electron chi connectivity index (χ2n) is 3.60. The molecule has 0 heterocycles. The Kier molecular flexibility index (Phi) is 5.97. The van der Waals surface area contributed by atoms with E-state index in [9.17, 15) is 23.5 Å². The number of amides is 1. The normalized spacial score (nSPS) is 15.1. The molecule has 0 aromatic rings. The molecule has 2 atom stereocenters. The highest BCUT2D eigenvalue weighted by Gasteiger charge is 2.48. The predicted octanol–water partition coefficient (Wildman–Crippen LogP) is -0.689. The molecule has 0 rings (SSSR count). The van der Waals surface area contributed by atoms with Crippen LogP contribution in [0.25, 0.3) is 0 Å². The molecule has 1 amide bonds. The van der Waals surface area contributed by atoms with Crippen LogP contribution in [0, 0.1) is 0 Å². The average molecular weight is 254 g/mol. The van der Waals surface area contributed by atoms with Crippen molar-refractivity contribution in [2.45, 2.75) is 37.8 Å². The Morgan fingerprint density at radius 2 is 2.00 bits per heavy atom. The van der Waals surface area contributed by atoms with Gasteiger partial charge in [-0.1, -0.05) is 13.3 Å². The molecule has 100 valence electrons. The molecule has 0 aliphatic heterocycles. The Morgan fingerprint density at radius 3 is 2.41 bits per heavy atom. The summed E-state index contributed by atoms with van der Waals surface area (Å²) in [6.45, 7) is 0.749. The first-order valence-electron chi connectivity index (χ1n) is 5.05. The number of hydrogen-bond acceptors (Lipinski definition) is 4. The number of halogens is 2. The molecule has 0 aromatic carbocycles. The SMILES string of the molecule is CCC[C@H](N)C(O)C(F)(F)C(=O)NCC(=O)O. The smallest absolute Gasteiger partial charge is 0.351 e.